The van der Waals surface area contributed by atoms with Crippen LogP contribution in [0, 0.1) is 10.1 Å². The van der Waals surface area contributed by atoms with Crippen LogP contribution in [0.4, 0.5) is 5.69 Å². The molecule has 1 aliphatic carbocycles. The molecule has 0 aliphatic heterocycles. The predicted molar refractivity (Wildman–Crippen MR) is 72.3 cm³/mol. The molecule has 5 nitrogen and oxygen atoms in total. The molecule has 2 aromatic rings. The average Bonchev–Trinajstić information content (AvgIpc) is 2.82. The molecule has 2 aromatic carbocycles. The number of nitro groups is 1. The Hall–Kier alpha value is -2.69. The molecular weight excluding hydrogens is 258 g/mol. The lowest BCUT2D eigenvalue weighted by molar-refractivity contribution is -0.385. The van der Waals surface area contributed by atoms with Crippen LogP contribution in [0.3, 0.4) is 0 Å². The number of hydrogen-bond acceptors (Lipinski definition) is 4. The zero-order valence-corrected chi connectivity index (χ0v) is 10.5. The van der Waals surface area contributed by atoms with Gasteiger partial charge >= 0.3 is 5.69 Å². The number of nitrogens with zero attached hydrogens (tertiary/aromatic N) is 1. The number of carbonyl (C=O) groups is 1. The summed E-state index contributed by atoms with van der Waals surface area (Å²) in [6, 6.07) is 11.7. The van der Waals surface area contributed by atoms with Crippen molar-refractivity contribution in [1.82, 2.24) is 0 Å². The Balaban J connectivity index is 2.12. The smallest absolute Gasteiger partial charge is 0.311 e. The van der Waals surface area contributed by atoms with Crippen LogP contribution in [-0.2, 0) is 6.42 Å². The first-order valence-corrected chi connectivity index (χ1v) is 6.23. The summed E-state index contributed by atoms with van der Waals surface area (Å²) in [7, 11) is 0. The van der Waals surface area contributed by atoms with Crippen LogP contribution >= 0.6 is 0 Å². The number of nitro benzene ring substituents is 1. The largest absolute Gasteiger partial charge is 0.450 e. The number of carbonyl (C=O) groups excluding carboxylic acids is 1. The molecule has 0 radical (unpaired) electrons. The van der Waals surface area contributed by atoms with E-state index < -0.39 is 4.92 Å². The normalized spacial score (nSPS) is 13.1. The van der Waals surface area contributed by atoms with E-state index in [2.05, 4.69) is 0 Å². The van der Waals surface area contributed by atoms with Crippen molar-refractivity contribution in [3.05, 3.63) is 63.7 Å². The van der Waals surface area contributed by atoms with Gasteiger partial charge in [-0.3, -0.25) is 14.9 Å². The molecule has 0 N–H and O–H groups in total. The van der Waals surface area contributed by atoms with Gasteiger partial charge < -0.3 is 4.74 Å². The maximum Gasteiger partial charge on any atom is 0.311 e. The van der Waals surface area contributed by atoms with Crippen LogP contribution < -0.4 is 4.74 Å². The van der Waals surface area contributed by atoms with Gasteiger partial charge in [-0.05, 0) is 24.6 Å². The van der Waals surface area contributed by atoms with Crippen molar-refractivity contribution in [1.29, 1.82) is 0 Å². The Morgan fingerprint density at radius 1 is 1.05 bits per heavy atom. The van der Waals surface area contributed by atoms with E-state index in [4.69, 9.17) is 4.74 Å². The number of rotatable bonds is 3. The third-order valence-corrected chi connectivity index (χ3v) is 3.30. The number of hydrogen-bond donors (Lipinski definition) is 0. The van der Waals surface area contributed by atoms with Gasteiger partial charge in [-0.2, -0.15) is 0 Å². The topological polar surface area (TPSA) is 69.4 Å². The number of para-hydroxylation sites is 1. The van der Waals surface area contributed by atoms with Crippen molar-refractivity contribution >= 4 is 11.5 Å². The summed E-state index contributed by atoms with van der Waals surface area (Å²) in [4.78, 5) is 22.4. The number of fused-ring (bicyclic) bond motifs is 1. The molecule has 0 fully saturated rings. The van der Waals surface area contributed by atoms with Gasteiger partial charge in [0, 0.05) is 23.6 Å². The van der Waals surface area contributed by atoms with Crippen LogP contribution in [0.25, 0.3) is 0 Å². The molecular formula is C15H11NO4. The lowest BCUT2D eigenvalue weighted by Crippen LogP contribution is -1.99. The Kier molecular flexibility index (Phi) is 2.95. The monoisotopic (exact) mass is 269 g/mol. The first kappa shape index (κ1) is 12.3. The molecule has 5 heteroatoms. The highest BCUT2D eigenvalue weighted by Gasteiger charge is 2.29. The molecule has 100 valence electrons. The van der Waals surface area contributed by atoms with Gasteiger partial charge in [0.2, 0.25) is 5.75 Å². The molecule has 0 saturated heterocycles. The van der Waals surface area contributed by atoms with Gasteiger partial charge in [-0.25, -0.2) is 0 Å². The van der Waals surface area contributed by atoms with E-state index >= 15 is 0 Å². The molecule has 0 unspecified atom stereocenters. The molecule has 0 atom stereocenters. The molecule has 1 aliphatic rings. The molecule has 20 heavy (non-hydrogen) atoms. The fraction of sp³-hybridized carbons (Fsp3) is 0.133. The highest BCUT2D eigenvalue weighted by atomic mass is 16.6. The minimum Gasteiger partial charge on any atom is -0.450 e. The Morgan fingerprint density at radius 3 is 2.50 bits per heavy atom. The number of ether oxygens (including phenoxy) is 1. The standard InChI is InChI=1S/C15H11NO4/c17-14-9-7-12-11(14)6-8-13(16(18)19)15(12)20-10-4-2-1-3-5-10/h1-6,8H,7,9H2. The van der Waals surface area contributed by atoms with Gasteiger partial charge in [0.15, 0.2) is 5.78 Å². The van der Waals surface area contributed by atoms with Crippen LogP contribution in [0.2, 0.25) is 0 Å². The third kappa shape index (κ3) is 2.03. The summed E-state index contributed by atoms with van der Waals surface area (Å²) in [5.74, 6) is 0.709. The second-order valence-electron chi connectivity index (χ2n) is 4.54. The van der Waals surface area contributed by atoms with Gasteiger partial charge in [-0.1, -0.05) is 18.2 Å². The zero-order valence-electron chi connectivity index (χ0n) is 10.5. The molecule has 0 aromatic heterocycles. The summed E-state index contributed by atoms with van der Waals surface area (Å²) < 4.78 is 5.67. The quantitative estimate of drug-likeness (QED) is 0.631. The van der Waals surface area contributed by atoms with E-state index in [-0.39, 0.29) is 17.2 Å². The maximum absolute atomic E-state index is 11.7. The zero-order chi connectivity index (χ0) is 14.1. The second kappa shape index (κ2) is 4.77. The summed E-state index contributed by atoms with van der Waals surface area (Å²) in [5, 5.41) is 11.1. The maximum atomic E-state index is 11.7. The van der Waals surface area contributed by atoms with Gasteiger partial charge in [0.1, 0.15) is 5.75 Å². The Morgan fingerprint density at radius 2 is 1.80 bits per heavy atom. The molecule has 0 spiro atoms. The van der Waals surface area contributed by atoms with E-state index in [0.29, 0.717) is 29.7 Å². The summed E-state index contributed by atoms with van der Waals surface area (Å²) in [6.07, 6.45) is 0.861. The Labute approximate surface area is 115 Å². The highest BCUT2D eigenvalue weighted by molar-refractivity contribution is 6.01. The van der Waals surface area contributed by atoms with Crippen molar-refractivity contribution in [2.75, 3.05) is 0 Å². The van der Waals surface area contributed by atoms with Crippen LogP contribution in [0.15, 0.2) is 42.5 Å². The fourth-order valence-corrected chi connectivity index (χ4v) is 2.36. The van der Waals surface area contributed by atoms with Crippen molar-refractivity contribution in [2.24, 2.45) is 0 Å². The van der Waals surface area contributed by atoms with Crippen LogP contribution in [0.5, 0.6) is 11.5 Å². The van der Waals surface area contributed by atoms with Gasteiger partial charge in [0.05, 0.1) is 4.92 Å². The molecule has 0 heterocycles. The number of benzene rings is 2. The second-order valence-corrected chi connectivity index (χ2v) is 4.54. The molecule has 0 saturated carbocycles. The lowest BCUT2D eigenvalue weighted by Gasteiger charge is -2.10. The summed E-state index contributed by atoms with van der Waals surface area (Å²) in [5.41, 5.74) is 1.05. The van der Waals surface area contributed by atoms with Crippen molar-refractivity contribution < 1.29 is 14.5 Å². The average molecular weight is 269 g/mol. The first-order valence-electron chi connectivity index (χ1n) is 6.23. The van der Waals surface area contributed by atoms with Gasteiger partial charge in [0.25, 0.3) is 0 Å². The number of Topliss-reactive ketones (excluding diaryl/α,β-unsaturated/α-hetero) is 1. The third-order valence-electron chi connectivity index (χ3n) is 3.30. The minimum atomic E-state index is -0.485. The van der Waals surface area contributed by atoms with E-state index in [1.807, 2.05) is 6.07 Å². The fourth-order valence-electron chi connectivity index (χ4n) is 2.36. The predicted octanol–water partition coefficient (Wildman–Crippen LogP) is 3.52. The van der Waals surface area contributed by atoms with E-state index in [1.54, 1.807) is 24.3 Å². The van der Waals surface area contributed by atoms with Crippen molar-refractivity contribution in [3.8, 4) is 11.5 Å². The van der Waals surface area contributed by atoms with Crippen LogP contribution in [-0.4, -0.2) is 10.7 Å². The molecule has 0 amide bonds. The lowest BCUT2D eigenvalue weighted by atomic mass is 10.1. The molecule has 3 rings (SSSR count). The minimum absolute atomic E-state index is 0.00723. The van der Waals surface area contributed by atoms with Gasteiger partial charge in [-0.15, -0.1) is 0 Å². The first-order chi connectivity index (χ1) is 9.66. The van der Waals surface area contributed by atoms with Crippen molar-refractivity contribution in [3.63, 3.8) is 0 Å². The number of ketones is 1. The SMILES string of the molecule is O=C1CCc2c1ccc([N+](=O)[O-])c2Oc1ccccc1. The van der Waals surface area contributed by atoms with Crippen molar-refractivity contribution in [2.45, 2.75) is 12.8 Å². The van der Waals surface area contributed by atoms with E-state index in [9.17, 15) is 14.9 Å². The Bertz CT molecular complexity index is 695. The molecule has 0 bridgehead atoms. The van der Waals surface area contributed by atoms with E-state index in [0.717, 1.165) is 0 Å². The highest BCUT2D eigenvalue weighted by Crippen LogP contribution is 2.40. The summed E-state index contributed by atoms with van der Waals surface area (Å²) in [6.45, 7) is 0. The summed E-state index contributed by atoms with van der Waals surface area (Å²) >= 11 is 0. The van der Waals surface area contributed by atoms with Crippen LogP contribution in [0.1, 0.15) is 22.3 Å². The van der Waals surface area contributed by atoms with E-state index in [1.165, 1.54) is 12.1 Å².